The van der Waals surface area contributed by atoms with Gasteiger partial charge in [0.2, 0.25) is 0 Å². The first-order valence-corrected chi connectivity index (χ1v) is 24.5. The zero-order valence-electron chi connectivity index (χ0n) is 40.3. The monoisotopic (exact) mass is 963 g/mol. The van der Waals surface area contributed by atoms with E-state index >= 15 is 0 Å². The summed E-state index contributed by atoms with van der Waals surface area (Å²) in [5.74, 6) is -1.22. The van der Waals surface area contributed by atoms with E-state index in [0.29, 0.717) is 51.4 Å². The molecule has 19 heteroatoms. The molecule has 0 aromatic heterocycles. The summed E-state index contributed by atoms with van der Waals surface area (Å²) >= 11 is 0. The van der Waals surface area contributed by atoms with Gasteiger partial charge in [0.1, 0.15) is 73.2 Å². The molecule has 19 nitrogen and oxygen atoms in total. The lowest BCUT2D eigenvalue weighted by Crippen LogP contribution is -2.71. The van der Waals surface area contributed by atoms with Gasteiger partial charge >= 0.3 is 0 Å². The first-order chi connectivity index (χ1) is 31.3. The van der Waals surface area contributed by atoms with E-state index in [-0.39, 0.29) is 17.8 Å². The van der Waals surface area contributed by atoms with Crippen LogP contribution in [-0.2, 0) is 28.4 Å². The normalized spacial score (nSPS) is 52.9. The van der Waals surface area contributed by atoms with E-state index in [2.05, 4.69) is 26.8 Å². The molecule has 7 fully saturated rings. The Kier molecular flexibility index (Phi) is 15.9. The second-order valence-corrected chi connectivity index (χ2v) is 23.1. The van der Waals surface area contributed by atoms with Gasteiger partial charge in [-0.3, -0.25) is 0 Å². The van der Waals surface area contributed by atoms with Crippen molar-refractivity contribution in [3.05, 3.63) is 11.6 Å². The molecule has 4 aliphatic carbocycles. The van der Waals surface area contributed by atoms with Crippen LogP contribution in [0.4, 0.5) is 0 Å². The summed E-state index contributed by atoms with van der Waals surface area (Å²) in [6.07, 6.45) is -20.0. The summed E-state index contributed by atoms with van der Waals surface area (Å²) in [5, 5.41) is 142. The third-order valence-electron chi connectivity index (χ3n) is 18.7. The highest BCUT2D eigenvalue weighted by Crippen LogP contribution is 2.76. The molecule has 2 unspecified atom stereocenters. The Labute approximate surface area is 393 Å². The molecule has 13 N–H and O–H groups in total. The smallest absolute Gasteiger partial charge is 0.187 e. The van der Waals surface area contributed by atoms with Crippen molar-refractivity contribution in [3.8, 4) is 0 Å². The zero-order chi connectivity index (χ0) is 49.5. The number of rotatable bonds is 13. The van der Waals surface area contributed by atoms with Gasteiger partial charge in [-0.05, 0) is 117 Å². The highest BCUT2D eigenvalue weighted by atomic mass is 16.8. The van der Waals surface area contributed by atoms with Crippen LogP contribution in [0.25, 0.3) is 0 Å². The fourth-order valence-electron chi connectivity index (χ4n) is 14.9. The fourth-order valence-corrected chi connectivity index (χ4v) is 14.9. The minimum atomic E-state index is -1.86. The minimum absolute atomic E-state index is 0.110. The van der Waals surface area contributed by atoms with Crippen LogP contribution in [0.2, 0.25) is 0 Å². The van der Waals surface area contributed by atoms with E-state index < -0.39 is 163 Å². The molecule has 0 bridgehead atoms. The Morgan fingerprint density at radius 1 is 0.642 bits per heavy atom. The topological polar surface area (TPSA) is 318 Å². The maximum absolute atomic E-state index is 12.7. The van der Waals surface area contributed by atoms with Gasteiger partial charge in [-0.2, -0.15) is 0 Å². The predicted molar refractivity (Wildman–Crippen MR) is 235 cm³/mol. The number of hydrogen-bond acceptors (Lipinski definition) is 19. The minimum Gasteiger partial charge on any atom is -0.394 e. The third-order valence-corrected chi connectivity index (χ3v) is 18.7. The van der Waals surface area contributed by atoms with Crippen molar-refractivity contribution in [1.82, 2.24) is 0 Å². The van der Waals surface area contributed by atoms with Crippen LogP contribution in [0, 0.1) is 45.3 Å². The van der Waals surface area contributed by atoms with Crippen molar-refractivity contribution < 1.29 is 94.8 Å². The van der Waals surface area contributed by atoms with Gasteiger partial charge in [0.25, 0.3) is 0 Å². The van der Waals surface area contributed by atoms with Crippen molar-refractivity contribution in [2.24, 2.45) is 45.3 Å². The number of aliphatic hydroxyl groups is 13. The molecule has 0 radical (unpaired) electrons. The Hall–Kier alpha value is -1.02. The molecule has 7 aliphatic rings. The Bertz CT molecular complexity index is 1710. The lowest BCUT2D eigenvalue weighted by Gasteiger charge is -2.72. The van der Waals surface area contributed by atoms with Crippen LogP contribution in [0.3, 0.4) is 0 Å². The second-order valence-electron chi connectivity index (χ2n) is 23.1. The van der Waals surface area contributed by atoms with Gasteiger partial charge in [0, 0.05) is 0 Å². The Morgan fingerprint density at radius 3 is 1.75 bits per heavy atom. The zero-order valence-corrected chi connectivity index (χ0v) is 40.3. The van der Waals surface area contributed by atoms with Crippen LogP contribution in [0.1, 0.15) is 107 Å². The van der Waals surface area contributed by atoms with Gasteiger partial charge in [0.15, 0.2) is 18.9 Å². The number of ether oxygens (including phenoxy) is 6. The fraction of sp³-hybridized carbons (Fsp3) is 0.958. The largest absolute Gasteiger partial charge is 0.394 e. The number of fused-ring (bicyclic) bond motifs is 5. The molecule has 0 aromatic carbocycles. The van der Waals surface area contributed by atoms with E-state index in [4.69, 9.17) is 28.4 Å². The number of hydrogen-bond donors (Lipinski definition) is 13. The quantitative estimate of drug-likeness (QED) is 0.0773. The molecule has 7 rings (SSSR count). The van der Waals surface area contributed by atoms with Crippen molar-refractivity contribution >= 4 is 0 Å². The van der Waals surface area contributed by atoms with Gasteiger partial charge in [-0.1, -0.05) is 46.3 Å². The van der Waals surface area contributed by atoms with E-state index in [9.17, 15) is 66.4 Å². The van der Waals surface area contributed by atoms with E-state index in [1.165, 1.54) is 0 Å². The SMILES string of the molecule is CC(C)=CCC[C@](C)(O[C@@H]1O[C@H](CO)[C@@H](O)[C@H](O)[C@H]1O)[C@H]1CC[C@]2(C)[C@@H]1[C@H](O)CC1[C@@]3(C)CC[C@H](O)C(C)(C)C3[C@@H](O[C@@H]3O[C@H](CO)[C@@H](O)[C@H](O)[C@H]3O[C@@H]3O[C@H](CO)[C@@H](O)[C@H](O)[C@H]3O)C[C@]12C. The summed E-state index contributed by atoms with van der Waals surface area (Å²) in [6, 6.07) is 0. The van der Waals surface area contributed by atoms with Crippen LogP contribution in [0.15, 0.2) is 11.6 Å². The molecule has 4 saturated carbocycles. The van der Waals surface area contributed by atoms with Crippen molar-refractivity contribution in [2.75, 3.05) is 19.8 Å². The predicted octanol–water partition coefficient (Wildman–Crippen LogP) is -1.06. The average molecular weight is 963 g/mol. The summed E-state index contributed by atoms with van der Waals surface area (Å²) < 4.78 is 37.9. The second kappa shape index (κ2) is 19.8. The lowest BCUT2D eigenvalue weighted by molar-refractivity contribution is -0.383. The standard InChI is InChI=1S/C48H82O19/c1-21(2)10-9-13-48(8,67-42-38(61)35(58)32(55)26(19-50)64-42)22-11-15-46(6)30(22)23(52)16-28-45(5)14-12-29(53)44(3,4)40(45)24(17-47(28,46)7)62-43-39(36(59)33(56)27(20-51)65-43)66-41-37(60)34(57)31(54)25(18-49)63-41/h10,22-43,49-61H,9,11-20H2,1-8H3/t22-,23+,24-,25+,26+,27+,28?,29-,30-,31+,32+,33+,34-,35-,36-,37+,38+,39+,40?,41-,42-,43+,45+,46+,47+,48-/m0/s1. The van der Waals surface area contributed by atoms with Crippen LogP contribution in [0.5, 0.6) is 0 Å². The molecule has 3 heterocycles. The molecule has 388 valence electrons. The molecule has 3 aliphatic heterocycles. The molecule has 26 atom stereocenters. The molecule has 0 spiro atoms. The van der Waals surface area contributed by atoms with Crippen LogP contribution >= 0.6 is 0 Å². The maximum atomic E-state index is 12.7. The third kappa shape index (κ3) is 9.03. The van der Waals surface area contributed by atoms with Gasteiger partial charge in [-0.15, -0.1) is 0 Å². The summed E-state index contributed by atoms with van der Waals surface area (Å²) in [4.78, 5) is 0. The highest BCUT2D eigenvalue weighted by molar-refractivity contribution is 5.22. The van der Waals surface area contributed by atoms with E-state index in [0.717, 1.165) is 5.57 Å². The van der Waals surface area contributed by atoms with Gasteiger partial charge in [0.05, 0.1) is 43.7 Å². The van der Waals surface area contributed by atoms with Gasteiger partial charge < -0.3 is 94.8 Å². The average Bonchev–Trinajstić information content (AvgIpc) is 3.66. The first-order valence-electron chi connectivity index (χ1n) is 24.5. The first kappa shape index (κ1) is 53.8. The summed E-state index contributed by atoms with van der Waals surface area (Å²) in [5.41, 5.74) is -2.56. The molecule has 0 amide bonds. The van der Waals surface area contributed by atoms with E-state index in [1.807, 2.05) is 34.6 Å². The molecule has 3 saturated heterocycles. The molecule has 0 aromatic rings. The lowest BCUT2D eigenvalue weighted by atomic mass is 9.34. The van der Waals surface area contributed by atoms with Gasteiger partial charge in [-0.25, -0.2) is 0 Å². The van der Waals surface area contributed by atoms with Crippen LogP contribution in [-0.4, -0.2) is 202 Å². The summed E-state index contributed by atoms with van der Waals surface area (Å²) in [6.45, 7) is 14.4. The number of allylic oxidation sites excluding steroid dienone is 2. The molecular formula is C48H82O19. The van der Waals surface area contributed by atoms with Crippen molar-refractivity contribution in [3.63, 3.8) is 0 Å². The van der Waals surface area contributed by atoms with Crippen LogP contribution < -0.4 is 0 Å². The maximum Gasteiger partial charge on any atom is 0.187 e. The molecule has 67 heavy (non-hydrogen) atoms. The van der Waals surface area contributed by atoms with Crippen molar-refractivity contribution in [2.45, 2.75) is 223 Å². The highest BCUT2D eigenvalue weighted by Gasteiger charge is 2.74. The Balaban J connectivity index is 1.27. The Morgan fingerprint density at radius 2 is 1.18 bits per heavy atom. The van der Waals surface area contributed by atoms with E-state index in [1.54, 1.807) is 0 Å². The van der Waals surface area contributed by atoms with Crippen molar-refractivity contribution in [1.29, 1.82) is 0 Å². The summed E-state index contributed by atoms with van der Waals surface area (Å²) in [7, 11) is 0. The molecular weight excluding hydrogens is 881 g/mol. The number of aliphatic hydroxyl groups excluding tert-OH is 13.